The van der Waals surface area contributed by atoms with Gasteiger partial charge in [0, 0.05) is 33.4 Å². The molecule has 0 radical (unpaired) electrons. The molecule has 0 saturated carbocycles. The molecular weight excluding hydrogens is 570 g/mol. The number of amides is 3. The van der Waals surface area contributed by atoms with E-state index in [0.29, 0.717) is 19.6 Å². The van der Waals surface area contributed by atoms with Crippen molar-refractivity contribution in [3.63, 3.8) is 0 Å². The third kappa shape index (κ3) is 21.7. The van der Waals surface area contributed by atoms with Crippen LogP contribution in [0.2, 0.25) is 0 Å². The minimum Gasteiger partial charge on any atom is -0.447 e. The molecule has 1 fully saturated rings. The third-order valence-electron chi connectivity index (χ3n) is 8.54. The lowest BCUT2D eigenvalue weighted by molar-refractivity contribution is -0.896. The molecule has 0 aromatic heterocycles. The summed E-state index contributed by atoms with van der Waals surface area (Å²) >= 11 is 0. The minimum absolute atomic E-state index is 0. The quantitative estimate of drug-likeness (QED) is 0.0819. The second-order valence-electron chi connectivity index (χ2n) is 12.4. The number of unbranched alkanes of at least 4 members (excludes halogenated alkanes) is 15. The van der Waals surface area contributed by atoms with Gasteiger partial charge < -0.3 is 24.0 Å². The molecule has 1 aliphatic heterocycles. The van der Waals surface area contributed by atoms with Crippen molar-refractivity contribution in [1.29, 1.82) is 0 Å². The van der Waals surface area contributed by atoms with Gasteiger partial charge in [-0.25, -0.2) is 14.5 Å². The van der Waals surface area contributed by atoms with Crippen LogP contribution in [0.4, 0.5) is 9.59 Å². The van der Waals surface area contributed by atoms with Gasteiger partial charge in [0.25, 0.3) is 0 Å². The Morgan fingerprint density at radius 3 is 1.70 bits per heavy atom. The molecule has 1 saturated heterocycles. The molecule has 1 rings (SSSR count). The van der Waals surface area contributed by atoms with Gasteiger partial charge in [-0.15, -0.1) is 12.4 Å². The topological polar surface area (TPSA) is 94.2 Å². The summed E-state index contributed by atoms with van der Waals surface area (Å²) < 4.78 is 16.7. The van der Waals surface area contributed by atoms with Crippen LogP contribution >= 0.6 is 12.4 Å². The number of nitrogens with zero attached hydrogens (tertiary/aromatic N) is 2. The van der Waals surface area contributed by atoms with E-state index in [4.69, 9.17) is 14.2 Å². The van der Waals surface area contributed by atoms with Gasteiger partial charge in [0.2, 0.25) is 5.91 Å². The Bertz CT molecular complexity index is 721. The van der Waals surface area contributed by atoms with Crippen molar-refractivity contribution in [2.45, 2.75) is 136 Å². The molecule has 1 heterocycles. The number of halogens is 1. The predicted octanol–water partition coefficient (Wildman–Crippen LogP) is 7.64. The number of carbonyl (C=O) groups excluding carboxylic acids is 3. The lowest BCUT2D eigenvalue weighted by atomic mass is 10.0. The number of nitrogens with one attached hydrogen (secondary N) is 1. The summed E-state index contributed by atoms with van der Waals surface area (Å²) in [4.78, 5) is 37.8. The zero-order valence-corrected chi connectivity index (χ0v) is 28.8. The number of hydrogen-bond acceptors (Lipinski definition) is 6. The third-order valence-corrected chi connectivity index (χ3v) is 8.54. The molecular formula is C33H65ClN3O6+. The monoisotopic (exact) mass is 634 g/mol. The van der Waals surface area contributed by atoms with Crippen LogP contribution in [0.15, 0.2) is 0 Å². The van der Waals surface area contributed by atoms with Gasteiger partial charge in [0.05, 0.1) is 33.2 Å². The Kier molecular flexibility index (Phi) is 25.8. The van der Waals surface area contributed by atoms with Gasteiger partial charge in [-0.3, -0.25) is 4.79 Å². The van der Waals surface area contributed by atoms with Gasteiger partial charge in [0.15, 0.2) is 0 Å². The fourth-order valence-electron chi connectivity index (χ4n) is 5.55. The van der Waals surface area contributed by atoms with E-state index in [9.17, 15) is 14.4 Å². The van der Waals surface area contributed by atoms with E-state index in [1.54, 1.807) is 0 Å². The Morgan fingerprint density at radius 1 is 0.767 bits per heavy atom. The molecule has 1 N–H and O–H groups in total. The molecule has 0 aliphatic carbocycles. The number of alkyl carbamates (subject to hydrolysis) is 1. The van der Waals surface area contributed by atoms with E-state index in [-0.39, 0.29) is 31.5 Å². The Morgan fingerprint density at radius 2 is 1.23 bits per heavy atom. The van der Waals surface area contributed by atoms with Crippen molar-refractivity contribution < 1.29 is 33.1 Å². The number of methoxy groups -OCH3 is 1. The maximum Gasteiger partial charge on any atom is 0.416 e. The molecule has 1 unspecified atom stereocenters. The highest BCUT2D eigenvalue weighted by molar-refractivity contribution is 5.90. The first-order valence-electron chi connectivity index (χ1n) is 17.0. The molecule has 9 nitrogen and oxygen atoms in total. The largest absolute Gasteiger partial charge is 0.447 e. The summed E-state index contributed by atoms with van der Waals surface area (Å²) in [7, 11) is 3.62. The predicted molar refractivity (Wildman–Crippen MR) is 176 cm³/mol. The molecule has 254 valence electrons. The van der Waals surface area contributed by atoms with Gasteiger partial charge in [-0.05, 0) is 6.42 Å². The summed E-state index contributed by atoms with van der Waals surface area (Å²) in [5.41, 5.74) is 0. The fourth-order valence-corrected chi connectivity index (χ4v) is 5.55. The van der Waals surface area contributed by atoms with Gasteiger partial charge in [0.1, 0.15) is 19.3 Å². The van der Waals surface area contributed by atoms with Crippen molar-refractivity contribution >= 4 is 30.5 Å². The van der Waals surface area contributed by atoms with Crippen LogP contribution in [-0.4, -0.2) is 93.7 Å². The summed E-state index contributed by atoms with van der Waals surface area (Å²) in [6.07, 6.45) is 21.6. The van der Waals surface area contributed by atoms with Crippen LogP contribution < -0.4 is 5.32 Å². The number of imide groups is 1. The van der Waals surface area contributed by atoms with Crippen LogP contribution in [0.25, 0.3) is 0 Å². The van der Waals surface area contributed by atoms with E-state index in [1.807, 2.05) is 0 Å². The summed E-state index contributed by atoms with van der Waals surface area (Å²) in [6, 6.07) is 0. The van der Waals surface area contributed by atoms with Crippen molar-refractivity contribution in [3.8, 4) is 0 Å². The van der Waals surface area contributed by atoms with Crippen LogP contribution in [0.5, 0.6) is 0 Å². The zero-order valence-electron chi connectivity index (χ0n) is 28.0. The van der Waals surface area contributed by atoms with E-state index in [0.717, 1.165) is 35.3 Å². The van der Waals surface area contributed by atoms with E-state index in [1.165, 1.54) is 117 Å². The first kappa shape index (κ1) is 41.4. The molecule has 1 aliphatic rings. The van der Waals surface area contributed by atoms with E-state index in [2.05, 4.69) is 19.3 Å². The van der Waals surface area contributed by atoms with Crippen molar-refractivity contribution in [3.05, 3.63) is 0 Å². The molecule has 0 spiro atoms. The highest BCUT2D eigenvalue weighted by Crippen LogP contribution is 2.16. The molecule has 0 bridgehead atoms. The number of quaternary nitrogens is 1. The van der Waals surface area contributed by atoms with Crippen molar-refractivity contribution in [2.24, 2.45) is 0 Å². The van der Waals surface area contributed by atoms with E-state index >= 15 is 0 Å². The second kappa shape index (κ2) is 26.8. The number of rotatable bonds is 25. The average Bonchev–Trinajstić information content (AvgIpc) is 3.40. The van der Waals surface area contributed by atoms with Crippen molar-refractivity contribution in [1.82, 2.24) is 10.2 Å². The first-order chi connectivity index (χ1) is 20.3. The minimum atomic E-state index is -0.691. The normalized spacial score (nSPS) is 14.5. The summed E-state index contributed by atoms with van der Waals surface area (Å²) in [6.45, 7) is 7.23. The first-order valence-corrected chi connectivity index (χ1v) is 17.0. The highest BCUT2D eigenvalue weighted by atomic mass is 35.5. The lowest BCUT2D eigenvalue weighted by Crippen LogP contribution is -2.49. The second-order valence-corrected chi connectivity index (χ2v) is 12.4. The Balaban J connectivity index is 0.0000176. The molecule has 10 heteroatoms. The highest BCUT2D eigenvalue weighted by Gasteiger charge is 2.30. The number of likely N-dealkylation sites (N-methyl/N-ethyl adjacent to an activating group) is 1. The van der Waals surface area contributed by atoms with Gasteiger partial charge in [-0.1, -0.05) is 103 Å². The molecule has 0 aromatic rings. The van der Waals surface area contributed by atoms with Crippen LogP contribution in [0.3, 0.4) is 0 Å². The number of hydrogen-bond donors (Lipinski definition) is 1. The molecule has 1 atom stereocenters. The van der Waals surface area contributed by atoms with Crippen LogP contribution in [0.1, 0.15) is 129 Å². The Hall–Kier alpha value is -1.58. The molecule has 3 amide bonds. The lowest BCUT2D eigenvalue weighted by Gasteiger charge is -2.31. The number of likely N-dealkylation sites (tertiary alicyclic amines) is 1. The zero-order chi connectivity index (χ0) is 30.9. The average molecular weight is 635 g/mol. The molecule has 0 aromatic carbocycles. The maximum absolute atomic E-state index is 12.5. The van der Waals surface area contributed by atoms with E-state index < -0.39 is 18.3 Å². The maximum atomic E-state index is 12.5. The molecule has 43 heavy (non-hydrogen) atoms. The standard InChI is InChI=1S/C33H63N3O6.ClH/c1-5-6-7-8-9-10-11-12-13-14-15-16-17-18-19-20-23-34-32(38)41-28-31(40-4)29-42-33(39)35(30(2)37)24-27-36(3)25-21-22-26-36;/h31H,5-29H2,1-4H3;1H/p+1. The number of carbonyl (C=O) groups is 3. The SMILES string of the molecule is CCCCCCCCCCCCCCCCCCNC(=O)OCC(COC(=O)N(CC[N+]1(C)CCCC1)C(C)=O)OC.Cl. The van der Waals surface area contributed by atoms with Crippen LogP contribution in [-0.2, 0) is 19.0 Å². The fraction of sp³-hybridized carbons (Fsp3) is 0.909. The number of ether oxygens (including phenoxy) is 3. The van der Waals surface area contributed by atoms with Gasteiger partial charge >= 0.3 is 12.2 Å². The van der Waals surface area contributed by atoms with Gasteiger partial charge in [-0.2, -0.15) is 0 Å². The van der Waals surface area contributed by atoms with Crippen LogP contribution in [0, 0.1) is 0 Å². The van der Waals surface area contributed by atoms with Crippen molar-refractivity contribution in [2.75, 3.05) is 60.1 Å². The summed E-state index contributed by atoms with van der Waals surface area (Å²) in [5.74, 6) is -0.343. The smallest absolute Gasteiger partial charge is 0.416 e. The summed E-state index contributed by atoms with van der Waals surface area (Å²) in [5, 5.41) is 2.78. The Labute approximate surface area is 269 Å².